The summed E-state index contributed by atoms with van der Waals surface area (Å²) >= 11 is 0. The number of rotatable bonds is 8. The number of carbonyl (C=O) groups excluding carboxylic acids is 1. The third-order valence-corrected chi connectivity index (χ3v) is 5.79. The number of hydrogen-bond acceptors (Lipinski definition) is 7. The summed E-state index contributed by atoms with van der Waals surface area (Å²) in [6.45, 7) is 5.82. The summed E-state index contributed by atoms with van der Waals surface area (Å²) in [7, 11) is 1.66. The van der Waals surface area contributed by atoms with Crippen molar-refractivity contribution in [1.82, 2.24) is 4.90 Å². The van der Waals surface area contributed by atoms with Crippen LogP contribution in [0.15, 0.2) is 45.6 Å². The molecule has 7 heteroatoms. The smallest absolute Gasteiger partial charge is 0.336 e. The minimum Gasteiger partial charge on any atom is -0.496 e. The maximum atomic E-state index is 12.1. The van der Waals surface area contributed by atoms with Gasteiger partial charge in [-0.2, -0.15) is 0 Å². The molecule has 0 unspecified atom stereocenters. The molecule has 0 saturated heterocycles. The lowest BCUT2D eigenvalue weighted by Crippen LogP contribution is -2.32. The summed E-state index contributed by atoms with van der Waals surface area (Å²) < 4.78 is 22.5. The summed E-state index contributed by atoms with van der Waals surface area (Å²) in [4.78, 5) is 26.4. The van der Waals surface area contributed by atoms with E-state index in [-0.39, 0.29) is 18.0 Å². The van der Waals surface area contributed by atoms with Crippen molar-refractivity contribution in [2.24, 2.45) is 0 Å². The maximum absolute atomic E-state index is 12.1. The van der Waals surface area contributed by atoms with Crippen molar-refractivity contribution in [3.63, 3.8) is 0 Å². The van der Waals surface area contributed by atoms with E-state index in [0.29, 0.717) is 44.2 Å². The van der Waals surface area contributed by atoms with Crippen molar-refractivity contribution in [2.75, 3.05) is 20.4 Å². The second-order valence-corrected chi connectivity index (χ2v) is 8.26. The van der Waals surface area contributed by atoms with Crippen LogP contribution in [0.5, 0.6) is 11.5 Å². The Morgan fingerprint density at radius 1 is 1.18 bits per heavy atom. The number of fused-ring (bicyclic) bond motifs is 3. The highest BCUT2D eigenvalue weighted by molar-refractivity contribution is 5.86. The number of para-hydroxylation sites is 1. The molecule has 0 bridgehead atoms. The van der Waals surface area contributed by atoms with Gasteiger partial charge in [-0.3, -0.25) is 9.69 Å². The number of aryl methyl sites for hydroxylation is 2. The fourth-order valence-electron chi connectivity index (χ4n) is 4.19. The Kier molecular flexibility index (Phi) is 6.99. The van der Waals surface area contributed by atoms with E-state index in [2.05, 4.69) is 4.90 Å². The highest BCUT2D eigenvalue weighted by atomic mass is 16.5. The topological polar surface area (TPSA) is 78.2 Å². The molecule has 1 aliphatic rings. The van der Waals surface area contributed by atoms with Crippen LogP contribution in [0.25, 0.3) is 11.0 Å². The first-order chi connectivity index (χ1) is 16.0. The molecule has 0 amide bonds. The Morgan fingerprint density at radius 3 is 2.79 bits per heavy atom. The first kappa shape index (κ1) is 22.9. The van der Waals surface area contributed by atoms with E-state index in [1.807, 2.05) is 44.2 Å². The largest absolute Gasteiger partial charge is 0.496 e. The number of nitrogens with zero attached hydrogens (tertiary/aromatic N) is 1. The molecule has 0 atom stereocenters. The predicted molar refractivity (Wildman–Crippen MR) is 125 cm³/mol. The molecule has 33 heavy (non-hydrogen) atoms. The lowest BCUT2D eigenvalue weighted by molar-refractivity contribution is -0.143. The van der Waals surface area contributed by atoms with Gasteiger partial charge in [-0.1, -0.05) is 25.1 Å². The second-order valence-electron chi connectivity index (χ2n) is 8.26. The minimum absolute atomic E-state index is 0.226. The van der Waals surface area contributed by atoms with Gasteiger partial charge in [-0.15, -0.1) is 0 Å². The van der Waals surface area contributed by atoms with Crippen molar-refractivity contribution < 1.29 is 23.4 Å². The van der Waals surface area contributed by atoms with Crippen LogP contribution in [-0.2, 0) is 29.0 Å². The molecule has 0 N–H and O–H groups in total. The van der Waals surface area contributed by atoms with E-state index in [1.165, 1.54) is 6.07 Å². The molecule has 1 aromatic heterocycles. The van der Waals surface area contributed by atoms with Gasteiger partial charge in [0.25, 0.3) is 0 Å². The first-order valence-corrected chi connectivity index (χ1v) is 11.2. The van der Waals surface area contributed by atoms with Crippen molar-refractivity contribution in [1.29, 1.82) is 0 Å². The highest BCUT2D eigenvalue weighted by Crippen LogP contribution is 2.38. The minimum atomic E-state index is -0.389. The fourth-order valence-corrected chi connectivity index (χ4v) is 4.19. The Bertz CT molecular complexity index is 1220. The third-order valence-electron chi connectivity index (χ3n) is 5.79. The molecule has 3 aromatic rings. The van der Waals surface area contributed by atoms with Gasteiger partial charge < -0.3 is 18.6 Å². The Balaban J connectivity index is 1.68. The van der Waals surface area contributed by atoms with Crippen LogP contribution in [0.3, 0.4) is 0 Å². The fraction of sp³-hybridized carbons (Fsp3) is 0.385. The van der Waals surface area contributed by atoms with Crippen LogP contribution in [0.1, 0.15) is 42.0 Å². The van der Waals surface area contributed by atoms with Crippen molar-refractivity contribution >= 4 is 16.9 Å². The molecule has 2 aromatic carbocycles. The molecule has 2 heterocycles. The summed E-state index contributed by atoms with van der Waals surface area (Å²) in [6, 6.07) is 11.3. The average Bonchev–Trinajstić information content (AvgIpc) is 2.81. The predicted octanol–water partition coefficient (Wildman–Crippen LogP) is 4.35. The molecule has 7 nitrogen and oxygen atoms in total. The SMILES string of the molecule is CCCOC(=O)CCc1cc2c(C)cc(=O)oc2c2c1OCN(Cc1ccccc1OC)C2. The number of hydrogen-bond donors (Lipinski definition) is 0. The van der Waals surface area contributed by atoms with Crippen LogP contribution in [-0.4, -0.2) is 31.3 Å². The average molecular weight is 452 g/mol. The summed E-state index contributed by atoms with van der Waals surface area (Å²) in [5.74, 6) is 1.28. The van der Waals surface area contributed by atoms with E-state index in [1.54, 1.807) is 7.11 Å². The van der Waals surface area contributed by atoms with Crippen molar-refractivity contribution in [3.05, 3.63) is 69.1 Å². The van der Waals surface area contributed by atoms with Gasteiger partial charge in [0.15, 0.2) is 0 Å². The molecule has 0 aliphatic carbocycles. The second kappa shape index (κ2) is 10.1. The quantitative estimate of drug-likeness (QED) is 0.372. The van der Waals surface area contributed by atoms with Gasteiger partial charge in [0.2, 0.25) is 0 Å². The zero-order chi connectivity index (χ0) is 23.4. The molecule has 1 aliphatic heterocycles. The Labute approximate surface area is 192 Å². The van der Waals surface area contributed by atoms with Gasteiger partial charge in [-0.25, -0.2) is 4.79 Å². The lowest BCUT2D eigenvalue weighted by Gasteiger charge is -2.31. The van der Waals surface area contributed by atoms with E-state index in [9.17, 15) is 9.59 Å². The zero-order valence-electron chi connectivity index (χ0n) is 19.3. The first-order valence-electron chi connectivity index (χ1n) is 11.2. The molecule has 0 radical (unpaired) electrons. The van der Waals surface area contributed by atoms with Gasteiger partial charge in [0.1, 0.15) is 23.8 Å². The van der Waals surface area contributed by atoms with E-state index < -0.39 is 0 Å². The van der Waals surface area contributed by atoms with Crippen LogP contribution >= 0.6 is 0 Å². The van der Waals surface area contributed by atoms with E-state index in [4.69, 9.17) is 18.6 Å². The summed E-state index contributed by atoms with van der Waals surface area (Å²) in [6.07, 6.45) is 1.55. The Morgan fingerprint density at radius 2 is 2.00 bits per heavy atom. The molecule has 4 rings (SSSR count). The van der Waals surface area contributed by atoms with Gasteiger partial charge in [0.05, 0.1) is 19.3 Å². The molecular formula is C26H29NO6. The van der Waals surface area contributed by atoms with E-state index >= 15 is 0 Å². The number of benzene rings is 2. The van der Waals surface area contributed by atoms with Crippen LogP contribution < -0.4 is 15.1 Å². The number of carbonyl (C=O) groups is 1. The van der Waals surface area contributed by atoms with Crippen LogP contribution in [0.2, 0.25) is 0 Å². The molecule has 0 spiro atoms. The summed E-state index contributed by atoms with van der Waals surface area (Å²) in [5.41, 5.74) is 3.77. The van der Waals surface area contributed by atoms with Crippen molar-refractivity contribution in [3.8, 4) is 11.5 Å². The number of ether oxygens (including phenoxy) is 3. The normalized spacial score (nSPS) is 13.4. The van der Waals surface area contributed by atoms with Gasteiger partial charge >= 0.3 is 11.6 Å². The van der Waals surface area contributed by atoms with Crippen molar-refractivity contribution in [2.45, 2.75) is 46.2 Å². The zero-order valence-corrected chi connectivity index (χ0v) is 19.3. The van der Waals surface area contributed by atoms with E-state index in [0.717, 1.165) is 39.8 Å². The molecule has 0 saturated carbocycles. The maximum Gasteiger partial charge on any atom is 0.336 e. The molecule has 0 fully saturated rings. The highest BCUT2D eigenvalue weighted by Gasteiger charge is 2.26. The summed E-state index contributed by atoms with van der Waals surface area (Å²) in [5, 5.41) is 0.855. The number of methoxy groups -OCH3 is 1. The number of esters is 1. The third kappa shape index (κ3) is 5.03. The molecular weight excluding hydrogens is 422 g/mol. The standard InChI is InChI=1S/C26H29NO6/c1-4-11-31-23(28)10-9-18-13-20-17(2)12-24(29)33-26(20)21-15-27(16-32-25(18)21)14-19-7-5-6-8-22(19)30-3/h5-8,12-13H,4,9-11,14-16H2,1-3H3. The van der Waals surface area contributed by atoms with Gasteiger partial charge in [-0.05, 0) is 43.0 Å². The Hall–Kier alpha value is -3.32. The molecule has 174 valence electrons. The van der Waals surface area contributed by atoms with Gasteiger partial charge in [0, 0.05) is 36.5 Å². The van der Waals surface area contributed by atoms with Crippen LogP contribution in [0.4, 0.5) is 0 Å². The monoisotopic (exact) mass is 451 g/mol. The van der Waals surface area contributed by atoms with Crippen LogP contribution in [0, 0.1) is 6.92 Å². The lowest BCUT2D eigenvalue weighted by atomic mass is 9.97.